The van der Waals surface area contributed by atoms with Crippen molar-refractivity contribution < 1.29 is 8.81 Å². The predicted octanol–water partition coefficient (Wildman–Crippen LogP) is 3.48. The number of hydrogen-bond donors (Lipinski definition) is 1. The number of pyridine rings is 1. The second kappa shape index (κ2) is 6.03. The summed E-state index contributed by atoms with van der Waals surface area (Å²) in [4.78, 5) is 10.6. The van der Waals surface area contributed by atoms with E-state index in [0.29, 0.717) is 33.4 Å². The van der Waals surface area contributed by atoms with Gasteiger partial charge in [-0.2, -0.15) is 9.37 Å². The lowest BCUT2D eigenvalue weighted by molar-refractivity contribution is 0.456. The maximum absolute atomic E-state index is 13.5. The highest BCUT2D eigenvalue weighted by atomic mass is 35.5. The summed E-state index contributed by atoms with van der Waals surface area (Å²) in [7, 11) is 0. The van der Waals surface area contributed by atoms with Gasteiger partial charge in [-0.3, -0.25) is 0 Å². The molecule has 0 bridgehead atoms. The van der Waals surface area contributed by atoms with Crippen molar-refractivity contribution in [1.29, 1.82) is 0 Å². The zero-order valence-electron chi connectivity index (χ0n) is 13.1. The van der Waals surface area contributed by atoms with Gasteiger partial charge >= 0.3 is 0 Å². The van der Waals surface area contributed by atoms with Crippen LogP contribution in [-0.2, 0) is 0 Å². The number of benzene rings is 1. The van der Waals surface area contributed by atoms with E-state index in [1.807, 2.05) is 0 Å². The fraction of sp³-hybridized carbons (Fsp3) is 0.294. The second-order valence-corrected chi connectivity index (χ2v) is 6.33. The molecule has 1 saturated heterocycles. The number of piperazine rings is 1. The van der Waals surface area contributed by atoms with E-state index < -0.39 is 5.95 Å². The van der Waals surface area contributed by atoms with E-state index in [2.05, 4.69) is 27.1 Å². The highest BCUT2D eigenvalue weighted by molar-refractivity contribution is 6.31. The van der Waals surface area contributed by atoms with Crippen LogP contribution in [0.3, 0.4) is 0 Å². The molecule has 0 spiro atoms. The molecule has 24 heavy (non-hydrogen) atoms. The topological polar surface area (TPSA) is 54.2 Å². The normalized spacial score (nSPS) is 18.3. The number of fused-ring (bicyclic) bond motifs is 1. The van der Waals surface area contributed by atoms with Crippen LogP contribution < -0.4 is 10.2 Å². The minimum Gasteiger partial charge on any atom is -0.423 e. The molecule has 7 heteroatoms. The summed E-state index contributed by atoms with van der Waals surface area (Å²) in [5.41, 5.74) is 2.32. The van der Waals surface area contributed by atoms with Gasteiger partial charge in [0.1, 0.15) is 5.52 Å². The number of oxazole rings is 1. The summed E-state index contributed by atoms with van der Waals surface area (Å²) in [5, 5.41) is 3.85. The first-order valence-electron chi connectivity index (χ1n) is 7.82. The van der Waals surface area contributed by atoms with E-state index >= 15 is 0 Å². The van der Waals surface area contributed by atoms with Crippen molar-refractivity contribution in [1.82, 2.24) is 15.3 Å². The molecule has 1 aliphatic rings. The molecule has 1 unspecified atom stereocenters. The summed E-state index contributed by atoms with van der Waals surface area (Å²) in [6.07, 6.45) is 0. The summed E-state index contributed by atoms with van der Waals surface area (Å²) in [5.74, 6) is -0.545. The monoisotopic (exact) mass is 346 g/mol. The molecular weight excluding hydrogens is 331 g/mol. The lowest BCUT2D eigenvalue weighted by Gasteiger charge is -2.32. The van der Waals surface area contributed by atoms with E-state index in [-0.39, 0.29) is 6.04 Å². The smallest absolute Gasteiger partial charge is 0.298 e. The Morgan fingerprint density at radius 2 is 2.21 bits per heavy atom. The Labute approximate surface area is 143 Å². The van der Waals surface area contributed by atoms with Crippen molar-refractivity contribution >= 4 is 28.7 Å². The van der Waals surface area contributed by atoms with Crippen LogP contribution in [0.1, 0.15) is 6.92 Å². The number of anilines is 1. The first-order chi connectivity index (χ1) is 11.6. The summed E-state index contributed by atoms with van der Waals surface area (Å²) in [6, 6.07) is 8.95. The van der Waals surface area contributed by atoms with Crippen molar-refractivity contribution in [3.05, 3.63) is 41.3 Å². The molecular formula is C17H16ClFN4O. The van der Waals surface area contributed by atoms with Crippen LogP contribution in [0.2, 0.25) is 5.02 Å². The minimum atomic E-state index is -0.545. The second-order valence-electron chi connectivity index (χ2n) is 5.89. The molecule has 0 saturated carbocycles. The third-order valence-corrected chi connectivity index (χ3v) is 4.40. The van der Waals surface area contributed by atoms with Crippen molar-refractivity contribution in [2.24, 2.45) is 0 Å². The van der Waals surface area contributed by atoms with Crippen LogP contribution in [0.25, 0.3) is 22.4 Å². The van der Waals surface area contributed by atoms with E-state index in [1.165, 1.54) is 6.07 Å². The fourth-order valence-corrected chi connectivity index (χ4v) is 3.20. The molecule has 5 nitrogen and oxygen atoms in total. The summed E-state index contributed by atoms with van der Waals surface area (Å²) < 4.78 is 19.5. The number of halogens is 2. The number of hydrogen-bond acceptors (Lipinski definition) is 5. The van der Waals surface area contributed by atoms with Gasteiger partial charge in [-0.15, -0.1) is 0 Å². The maximum atomic E-state index is 13.5. The van der Waals surface area contributed by atoms with Crippen molar-refractivity contribution in [3.63, 3.8) is 0 Å². The maximum Gasteiger partial charge on any atom is 0.298 e. The molecule has 0 radical (unpaired) electrons. The molecule has 1 aromatic carbocycles. The molecule has 3 aromatic rings. The van der Waals surface area contributed by atoms with Gasteiger partial charge in [-0.05, 0) is 31.2 Å². The van der Waals surface area contributed by atoms with E-state index in [4.69, 9.17) is 16.0 Å². The molecule has 0 amide bonds. The highest BCUT2D eigenvalue weighted by Crippen LogP contribution is 2.34. The lowest BCUT2D eigenvalue weighted by atomic mass is 10.1. The van der Waals surface area contributed by atoms with Gasteiger partial charge in [0.05, 0.1) is 5.69 Å². The SMILES string of the molecule is CC1CNCCN1c1nc2cc(Cl)cc(-c3cccc(F)n3)c2o1. The molecule has 0 aliphatic carbocycles. The molecule has 1 atom stereocenters. The van der Waals surface area contributed by atoms with Crippen molar-refractivity contribution in [3.8, 4) is 11.3 Å². The first-order valence-corrected chi connectivity index (χ1v) is 8.20. The first kappa shape index (κ1) is 15.4. The van der Waals surface area contributed by atoms with Crippen LogP contribution in [0.5, 0.6) is 0 Å². The summed E-state index contributed by atoms with van der Waals surface area (Å²) >= 11 is 6.21. The molecule has 4 rings (SSSR count). The van der Waals surface area contributed by atoms with Crippen LogP contribution in [0.15, 0.2) is 34.7 Å². The number of aromatic nitrogens is 2. The molecule has 1 N–H and O–H groups in total. The molecule has 1 aliphatic heterocycles. The molecule has 3 heterocycles. The molecule has 124 valence electrons. The number of nitrogens with one attached hydrogen (secondary N) is 1. The van der Waals surface area contributed by atoms with Gasteiger partial charge < -0.3 is 14.6 Å². The van der Waals surface area contributed by atoms with Crippen molar-refractivity contribution in [2.75, 3.05) is 24.5 Å². The molecule has 1 fully saturated rings. The zero-order valence-corrected chi connectivity index (χ0v) is 13.8. The third kappa shape index (κ3) is 2.72. The van der Waals surface area contributed by atoms with Crippen LogP contribution >= 0.6 is 11.6 Å². The standard InChI is InChI=1S/C17H16ClFN4O/c1-10-9-20-5-6-23(10)17-22-14-8-11(18)7-12(16(14)24-17)13-3-2-4-15(19)21-13/h2-4,7-8,10,20H,5-6,9H2,1H3. The average molecular weight is 347 g/mol. The number of rotatable bonds is 2. The van der Waals surface area contributed by atoms with Gasteiger partial charge in [-0.1, -0.05) is 17.7 Å². The van der Waals surface area contributed by atoms with Crippen molar-refractivity contribution in [2.45, 2.75) is 13.0 Å². The predicted molar refractivity (Wildman–Crippen MR) is 91.9 cm³/mol. The third-order valence-electron chi connectivity index (χ3n) is 4.18. The largest absolute Gasteiger partial charge is 0.423 e. The van der Waals surface area contributed by atoms with Crippen LogP contribution in [0, 0.1) is 5.95 Å². The van der Waals surface area contributed by atoms with Gasteiger partial charge in [0.25, 0.3) is 6.01 Å². The highest BCUT2D eigenvalue weighted by Gasteiger charge is 2.24. The van der Waals surface area contributed by atoms with E-state index in [1.54, 1.807) is 24.3 Å². The van der Waals surface area contributed by atoms with Crippen LogP contribution in [0.4, 0.5) is 10.4 Å². The Morgan fingerprint density at radius 1 is 1.33 bits per heavy atom. The molecule has 2 aromatic heterocycles. The van der Waals surface area contributed by atoms with E-state index in [9.17, 15) is 4.39 Å². The Morgan fingerprint density at radius 3 is 3.00 bits per heavy atom. The van der Waals surface area contributed by atoms with Gasteiger partial charge in [0.15, 0.2) is 5.58 Å². The van der Waals surface area contributed by atoms with Gasteiger partial charge in [0, 0.05) is 36.3 Å². The lowest BCUT2D eigenvalue weighted by Crippen LogP contribution is -2.50. The average Bonchev–Trinajstić information content (AvgIpc) is 2.98. The minimum absolute atomic E-state index is 0.276. The Hall–Kier alpha value is -2.18. The van der Waals surface area contributed by atoms with Crippen LogP contribution in [-0.4, -0.2) is 35.6 Å². The Kier molecular flexibility index (Phi) is 3.86. The zero-order chi connectivity index (χ0) is 16.7. The van der Waals surface area contributed by atoms with Gasteiger partial charge in [0.2, 0.25) is 5.95 Å². The quantitative estimate of drug-likeness (QED) is 0.720. The Bertz CT molecular complexity index is 897. The fourth-order valence-electron chi connectivity index (χ4n) is 2.98. The van der Waals surface area contributed by atoms with Gasteiger partial charge in [-0.25, -0.2) is 4.98 Å². The summed E-state index contributed by atoms with van der Waals surface area (Å²) in [6.45, 7) is 4.68. The van der Waals surface area contributed by atoms with E-state index in [0.717, 1.165) is 19.6 Å². The Balaban J connectivity index is 1.85. The number of nitrogens with zero attached hydrogens (tertiary/aromatic N) is 3.